The molecular formula is C14H18ClNO3. The second-order valence-corrected chi connectivity index (χ2v) is 5.32. The predicted molar refractivity (Wildman–Crippen MR) is 73.4 cm³/mol. The standard InChI is InChI=1S/C14H18ClNO3/c1-19-5-4-16-9-10(7-14(16)18)6-11-8-12(15)2-3-13(11)17/h2-3,8,10,17H,4-7,9H2,1H3/t10-/m1/s1. The van der Waals surface area contributed by atoms with Crippen LogP contribution < -0.4 is 0 Å². The van der Waals surface area contributed by atoms with E-state index in [2.05, 4.69) is 0 Å². The SMILES string of the molecule is COCCN1C[C@H](Cc2cc(Cl)ccc2O)CC1=O. The van der Waals surface area contributed by atoms with E-state index >= 15 is 0 Å². The molecule has 1 amide bonds. The highest BCUT2D eigenvalue weighted by molar-refractivity contribution is 6.30. The molecule has 1 heterocycles. The molecule has 1 N–H and O–H groups in total. The lowest BCUT2D eigenvalue weighted by Gasteiger charge is -2.16. The molecule has 1 aromatic rings. The molecule has 1 saturated heterocycles. The fraction of sp³-hybridized carbons (Fsp3) is 0.500. The summed E-state index contributed by atoms with van der Waals surface area (Å²) in [6.45, 7) is 1.91. The molecule has 0 spiro atoms. The predicted octanol–water partition coefficient (Wildman–Crippen LogP) is 2.08. The van der Waals surface area contributed by atoms with E-state index < -0.39 is 0 Å². The van der Waals surface area contributed by atoms with Gasteiger partial charge in [0.1, 0.15) is 5.75 Å². The molecule has 1 aliphatic heterocycles. The number of carbonyl (C=O) groups excluding carboxylic acids is 1. The van der Waals surface area contributed by atoms with Gasteiger partial charge in [-0.1, -0.05) is 11.6 Å². The molecule has 0 saturated carbocycles. The number of likely N-dealkylation sites (tertiary alicyclic amines) is 1. The molecule has 19 heavy (non-hydrogen) atoms. The average Bonchev–Trinajstić information content (AvgIpc) is 2.72. The third-order valence-electron chi connectivity index (χ3n) is 3.41. The summed E-state index contributed by atoms with van der Waals surface area (Å²) in [6.07, 6.45) is 1.19. The van der Waals surface area contributed by atoms with Crippen molar-refractivity contribution in [1.82, 2.24) is 4.90 Å². The zero-order valence-corrected chi connectivity index (χ0v) is 11.7. The van der Waals surface area contributed by atoms with Gasteiger partial charge in [-0.05, 0) is 36.1 Å². The van der Waals surface area contributed by atoms with E-state index in [-0.39, 0.29) is 17.6 Å². The van der Waals surface area contributed by atoms with Crippen LogP contribution in [0, 0.1) is 5.92 Å². The summed E-state index contributed by atoms with van der Waals surface area (Å²) in [5.41, 5.74) is 0.805. The largest absolute Gasteiger partial charge is 0.508 e. The second-order valence-electron chi connectivity index (χ2n) is 4.88. The maximum atomic E-state index is 11.8. The van der Waals surface area contributed by atoms with Crippen molar-refractivity contribution in [2.45, 2.75) is 12.8 Å². The van der Waals surface area contributed by atoms with E-state index in [0.717, 1.165) is 5.56 Å². The summed E-state index contributed by atoms with van der Waals surface area (Å²) in [4.78, 5) is 13.6. The molecule has 1 aliphatic rings. The van der Waals surface area contributed by atoms with Gasteiger partial charge in [0.25, 0.3) is 0 Å². The molecule has 0 unspecified atom stereocenters. The molecule has 1 atom stereocenters. The highest BCUT2D eigenvalue weighted by Gasteiger charge is 2.29. The molecule has 1 aromatic carbocycles. The van der Waals surface area contributed by atoms with Crippen molar-refractivity contribution in [2.75, 3.05) is 26.8 Å². The second kappa shape index (κ2) is 6.26. The first-order chi connectivity index (χ1) is 9.10. The van der Waals surface area contributed by atoms with Crippen molar-refractivity contribution in [2.24, 2.45) is 5.92 Å². The number of carbonyl (C=O) groups is 1. The number of aromatic hydroxyl groups is 1. The Bertz CT molecular complexity index is 464. The fourth-order valence-electron chi connectivity index (χ4n) is 2.44. The zero-order valence-electron chi connectivity index (χ0n) is 10.9. The fourth-order valence-corrected chi connectivity index (χ4v) is 2.63. The maximum Gasteiger partial charge on any atom is 0.223 e. The Kier molecular flexibility index (Phi) is 4.66. The molecule has 0 bridgehead atoms. The normalized spacial score (nSPS) is 19.2. The summed E-state index contributed by atoms with van der Waals surface area (Å²) >= 11 is 5.92. The molecule has 0 aromatic heterocycles. The minimum Gasteiger partial charge on any atom is -0.508 e. The van der Waals surface area contributed by atoms with Gasteiger partial charge in [-0.2, -0.15) is 0 Å². The lowest BCUT2D eigenvalue weighted by Crippen LogP contribution is -2.28. The van der Waals surface area contributed by atoms with E-state index in [9.17, 15) is 9.90 Å². The minimum atomic E-state index is 0.156. The Morgan fingerprint density at radius 1 is 1.53 bits per heavy atom. The van der Waals surface area contributed by atoms with Crippen molar-refractivity contribution >= 4 is 17.5 Å². The average molecular weight is 284 g/mol. The molecule has 104 valence electrons. The highest BCUT2D eigenvalue weighted by atomic mass is 35.5. The van der Waals surface area contributed by atoms with Crippen molar-refractivity contribution in [1.29, 1.82) is 0 Å². The molecule has 0 radical (unpaired) electrons. The first-order valence-corrected chi connectivity index (χ1v) is 6.72. The molecule has 2 rings (SSSR count). The number of hydrogen-bond acceptors (Lipinski definition) is 3. The Balaban J connectivity index is 1.97. The summed E-state index contributed by atoms with van der Waals surface area (Å²) in [6, 6.07) is 5.02. The van der Waals surface area contributed by atoms with Gasteiger partial charge in [-0.25, -0.2) is 0 Å². The Morgan fingerprint density at radius 3 is 3.05 bits per heavy atom. The monoisotopic (exact) mass is 283 g/mol. The Labute approximate surface area is 117 Å². The van der Waals surface area contributed by atoms with Crippen LogP contribution in [0.1, 0.15) is 12.0 Å². The Hall–Kier alpha value is -1.26. The van der Waals surface area contributed by atoms with E-state index in [1.165, 1.54) is 0 Å². The first-order valence-electron chi connectivity index (χ1n) is 6.34. The molecule has 1 fully saturated rings. The van der Waals surface area contributed by atoms with Crippen LogP contribution in [0.25, 0.3) is 0 Å². The van der Waals surface area contributed by atoms with Crippen LogP contribution in [0.15, 0.2) is 18.2 Å². The van der Waals surface area contributed by atoms with Gasteiger partial charge in [0.15, 0.2) is 0 Å². The van der Waals surface area contributed by atoms with Gasteiger partial charge in [-0.3, -0.25) is 4.79 Å². The number of amides is 1. The van der Waals surface area contributed by atoms with E-state index in [0.29, 0.717) is 37.6 Å². The van der Waals surface area contributed by atoms with E-state index in [1.54, 1.807) is 25.3 Å². The number of benzene rings is 1. The smallest absolute Gasteiger partial charge is 0.223 e. The van der Waals surface area contributed by atoms with Gasteiger partial charge in [0.2, 0.25) is 5.91 Å². The van der Waals surface area contributed by atoms with Crippen LogP contribution >= 0.6 is 11.6 Å². The van der Waals surface area contributed by atoms with Crippen molar-refractivity contribution < 1.29 is 14.6 Å². The number of hydrogen-bond donors (Lipinski definition) is 1. The number of phenols is 1. The van der Waals surface area contributed by atoms with Gasteiger partial charge in [-0.15, -0.1) is 0 Å². The van der Waals surface area contributed by atoms with Crippen LogP contribution in [-0.2, 0) is 16.0 Å². The third kappa shape index (κ3) is 3.61. The number of halogens is 1. The van der Waals surface area contributed by atoms with Crippen LogP contribution in [0.2, 0.25) is 5.02 Å². The lowest BCUT2D eigenvalue weighted by molar-refractivity contribution is -0.128. The third-order valence-corrected chi connectivity index (χ3v) is 3.65. The van der Waals surface area contributed by atoms with E-state index in [1.807, 2.05) is 4.90 Å². The molecule has 5 heteroatoms. The van der Waals surface area contributed by atoms with Gasteiger partial charge in [0, 0.05) is 31.6 Å². The number of nitrogens with zero attached hydrogens (tertiary/aromatic N) is 1. The van der Waals surface area contributed by atoms with Crippen LogP contribution in [-0.4, -0.2) is 42.7 Å². The van der Waals surface area contributed by atoms with Crippen LogP contribution in [0.4, 0.5) is 0 Å². The zero-order chi connectivity index (χ0) is 13.8. The summed E-state index contributed by atoms with van der Waals surface area (Å²) in [5.74, 6) is 0.629. The van der Waals surface area contributed by atoms with Gasteiger partial charge < -0.3 is 14.7 Å². The topological polar surface area (TPSA) is 49.8 Å². The minimum absolute atomic E-state index is 0.156. The lowest BCUT2D eigenvalue weighted by atomic mass is 9.98. The maximum absolute atomic E-state index is 11.8. The summed E-state index contributed by atoms with van der Waals surface area (Å²) in [7, 11) is 1.63. The number of phenolic OH excluding ortho intramolecular Hbond substituents is 1. The molecular weight excluding hydrogens is 266 g/mol. The molecule has 0 aliphatic carbocycles. The van der Waals surface area contributed by atoms with E-state index in [4.69, 9.17) is 16.3 Å². The molecule has 4 nitrogen and oxygen atoms in total. The van der Waals surface area contributed by atoms with Crippen LogP contribution in [0.3, 0.4) is 0 Å². The Morgan fingerprint density at radius 2 is 2.32 bits per heavy atom. The quantitative estimate of drug-likeness (QED) is 0.900. The highest BCUT2D eigenvalue weighted by Crippen LogP contribution is 2.28. The van der Waals surface area contributed by atoms with Crippen molar-refractivity contribution in [3.8, 4) is 5.75 Å². The van der Waals surface area contributed by atoms with Crippen molar-refractivity contribution in [3.05, 3.63) is 28.8 Å². The summed E-state index contributed by atoms with van der Waals surface area (Å²) < 4.78 is 4.99. The summed E-state index contributed by atoms with van der Waals surface area (Å²) in [5, 5.41) is 10.4. The van der Waals surface area contributed by atoms with Gasteiger partial charge >= 0.3 is 0 Å². The van der Waals surface area contributed by atoms with Gasteiger partial charge in [0.05, 0.1) is 6.61 Å². The first kappa shape index (κ1) is 14.2. The van der Waals surface area contributed by atoms with Crippen molar-refractivity contribution in [3.63, 3.8) is 0 Å². The number of ether oxygens (including phenoxy) is 1. The van der Waals surface area contributed by atoms with Crippen LogP contribution in [0.5, 0.6) is 5.75 Å². The number of methoxy groups -OCH3 is 1. The number of rotatable bonds is 5.